The molecule has 6 nitrogen and oxygen atoms in total. The number of benzene rings is 5. The summed E-state index contributed by atoms with van der Waals surface area (Å²) in [6.07, 6.45) is 1.69. The third-order valence-corrected chi connectivity index (χ3v) is 8.39. The van der Waals surface area contributed by atoms with Crippen molar-refractivity contribution in [1.29, 1.82) is 0 Å². The van der Waals surface area contributed by atoms with Crippen LogP contribution in [0.3, 0.4) is 0 Å². The van der Waals surface area contributed by atoms with E-state index < -0.39 is 5.91 Å². The molecule has 0 bridgehead atoms. The van der Waals surface area contributed by atoms with Crippen molar-refractivity contribution in [3.63, 3.8) is 0 Å². The van der Waals surface area contributed by atoms with Gasteiger partial charge in [0.15, 0.2) is 0 Å². The van der Waals surface area contributed by atoms with Gasteiger partial charge < -0.3 is 16.0 Å². The molecule has 5 aromatic rings. The highest BCUT2D eigenvalue weighted by Crippen LogP contribution is 2.26. The number of carbonyl (C=O) groups excluding carboxylic acids is 3. The number of hydrogen-bond donors (Lipinski definition) is 3. The van der Waals surface area contributed by atoms with Gasteiger partial charge in [-0.25, -0.2) is 0 Å². The number of rotatable bonds is 9. The molecule has 214 valence electrons. The van der Waals surface area contributed by atoms with Crippen LogP contribution in [0.2, 0.25) is 0 Å². The van der Waals surface area contributed by atoms with E-state index in [9.17, 15) is 14.4 Å². The van der Waals surface area contributed by atoms with E-state index in [4.69, 9.17) is 0 Å². The number of carbonyl (C=O) groups is 3. The molecule has 0 spiro atoms. The second-order valence-electron chi connectivity index (χ2n) is 9.68. The highest BCUT2D eigenvalue weighted by Gasteiger charge is 2.17. The Morgan fingerprint density at radius 3 is 2.09 bits per heavy atom. The van der Waals surface area contributed by atoms with E-state index in [1.54, 1.807) is 42.5 Å². The van der Waals surface area contributed by atoms with Crippen molar-refractivity contribution in [3.05, 3.63) is 142 Å². The maximum atomic E-state index is 13.5. The molecule has 0 radical (unpaired) electrons. The largest absolute Gasteiger partial charge is 0.325 e. The number of hydrogen-bond acceptors (Lipinski definition) is 4. The summed E-state index contributed by atoms with van der Waals surface area (Å²) in [7, 11) is 0. The summed E-state index contributed by atoms with van der Waals surface area (Å²) in [5.74, 6) is -0.935. The molecule has 0 saturated heterocycles. The Kier molecular flexibility index (Phi) is 9.91. The first-order valence-corrected chi connectivity index (χ1v) is 15.5. The molecular weight excluding hydrogens is 669 g/mol. The van der Waals surface area contributed by atoms with Crippen LogP contribution < -0.4 is 16.0 Å². The van der Waals surface area contributed by atoms with Crippen molar-refractivity contribution in [1.82, 2.24) is 5.32 Å². The lowest BCUT2D eigenvalue weighted by Crippen LogP contribution is -2.30. The lowest BCUT2D eigenvalue weighted by atomic mass is 10.0. The van der Waals surface area contributed by atoms with Crippen LogP contribution in [-0.2, 0) is 9.59 Å². The lowest BCUT2D eigenvalue weighted by Gasteiger charge is -2.14. The predicted molar refractivity (Wildman–Crippen MR) is 184 cm³/mol. The molecule has 5 aromatic carbocycles. The minimum Gasteiger partial charge on any atom is -0.325 e. The van der Waals surface area contributed by atoms with Gasteiger partial charge in [0.2, 0.25) is 5.91 Å². The number of anilines is 2. The first-order valence-electron chi connectivity index (χ1n) is 13.6. The van der Waals surface area contributed by atoms with Gasteiger partial charge in [0, 0.05) is 25.4 Å². The Labute approximate surface area is 268 Å². The van der Waals surface area contributed by atoms with Gasteiger partial charge in [0.05, 0.1) is 5.25 Å². The molecule has 0 aliphatic heterocycles. The number of amides is 3. The third-order valence-electron chi connectivity index (χ3n) is 6.56. The SMILES string of the molecule is CC(Sc1ccc(NC(=O)/C(=C/c2cccc3ccccc23)NC(=O)c2ccccc2)cc1)C(=O)Nc1ccc(I)cc1. The van der Waals surface area contributed by atoms with E-state index in [-0.39, 0.29) is 22.8 Å². The molecular formula is C35H28IN3O3S. The maximum absolute atomic E-state index is 13.5. The average Bonchev–Trinajstić information content (AvgIpc) is 3.03. The summed E-state index contributed by atoms with van der Waals surface area (Å²) >= 11 is 3.64. The molecule has 0 fully saturated rings. The quantitative estimate of drug-likeness (QED) is 0.0829. The minimum atomic E-state index is -0.456. The Balaban J connectivity index is 1.30. The van der Waals surface area contributed by atoms with Gasteiger partial charge in [-0.2, -0.15) is 0 Å². The second-order valence-corrected chi connectivity index (χ2v) is 12.3. The van der Waals surface area contributed by atoms with Gasteiger partial charge in [-0.1, -0.05) is 60.7 Å². The fourth-order valence-electron chi connectivity index (χ4n) is 4.32. The Hall–Kier alpha value is -4.41. The van der Waals surface area contributed by atoms with Crippen LogP contribution in [-0.4, -0.2) is 23.0 Å². The number of thioether (sulfide) groups is 1. The molecule has 0 saturated carbocycles. The van der Waals surface area contributed by atoms with Crippen LogP contribution in [0.5, 0.6) is 0 Å². The smallest absolute Gasteiger partial charge is 0.272 e. The van der Waals surface area contributed by atoms with E-state index in [1.165, 1.54) is 11.8 Å². The highest BCUT2D eigenvalue weighted by atomic mass is 127. The maximum Gasteiger partial charge on any atom is 0.272 e. The normalized spacial score (nSPS) is 11.9. The number of nitrogens with one attached hydrogen (secondary N) is 3. The minimum absolute atomic E-state index is 0.0963. The monoisotopic (exact) mass is 697 g/mol. The average molecular weight is 698 g/mol. The fourth-order valence-corrected chi connectivity index (χ4v) is 5.55. The standard InChI is InChI=1S/C35H28IN3O3S/c1-23(33(40)37-28-16-14-27(36)15-17-28)43-30-20-18-29(19-21-30)38-35(42)32(39-34(41)25-9-3-2-4-10-25)22-26-12-7-11-24-8-5-6-13-31(24)26/h2-23H,1H3,(H,37,40)(H,38,42)(H,39,41)/b32-22-. The molecule has 1 atom stereocenters. The molecule has 0 aromatic heterocycles. The van der Waals surface area contributed by atoms with E-state index in [2.05, 4.69) is 38.5 Å². The van der Waals surface area contributed by atoms with E-state index in [0.717, 1.165) is 30.5 Å². The van der Waals surface area contributed by atoms with Crippen LogP contribution in [0.1, 0.15) is 22.8 Å². The molecule has 1 unspecified atom stereocenters. The Morgan fingerprint density at radius 1 is 0.721 bits per heavy atom. The molecule has 0 aliphatic carbocycles. The van der Waals surface area contributed by atoms with Crippen LogP contribution in [0.4, 0.5) is 11.4 Å². The Morgan fingerprint density at radius 2 is 1.35 bits per heavy atom. The first-order chi connectivity index (χ1) is 20.9. The predicted octanol–water partition coefficient (Wildman–Crippen LogP) is 7.97. The van der Waals surface area contributed by atoms with Crippen LogP contribution in [0, 0.1) is 3.57 Å². The zero-order chi connectivity index (χ0) is 30.2. The van der Waals surface area contributed by atoms with Crippen molar-refractivity contribution < 1.29 is 14.4 Å². The third kappa shape index (κ3) is 8.12. The van der Waals surface area contributed by atoms with Gasteiger partial charge in [0.25, 0.3) is 11.8 Å². The fraction of sp³-hybridized carbons (Fsp3) is 0.0571. The molecule has 8 heteroatoms. The van der Waals surface area contributed by atoms with Crippen molar-refractivity contribution in [2.24, 2.45) is 0 Å². The van der Waals surface area contributed by atoms with Gasteiger partial charge in [-0.15, -0.1) is 11.8 Å². The van der Waals surface area contributed by atoms with Gasteiger partial charge in [-0.3, -0.25) is 14.4 Å². The molecule has 0 aliphatic rings. The summed E-state index contributed by atoms with van der Waals surface area (Å²) in [6.45, 7) is 1.85. The second kappa shape index (κ2) is 14.2. The van der Waals surface area contributed by atoms with Crippen LogP contribution in [0.15, 0.2) is 132 Å². The van der Waals surface area contributed by atoms with Crippen LogP contribution in [0.25, 0.3) is 16.8 Å². The summed E-state index contributed by atoms with van der Waals surface area (Å²) < 4.78 is 1.10. The molecule has 3 N–H and O–H groups in total. The van der Waals surface area contributed by atoms with Crippen molar-refractivity contribution >= 4 is 80.3 Å². The van der Waals surface area contributed by atoms with Gasteiger partial charge >= 0.3 is 0 Å². The number of halogens is 1. The van der Waals surface area contributed by atoms with E-state index >= 15 is 0 Å². The molecule has 0 heterocycles. The van der Waals surface area contributed by atoms with Crippen molar-refractivity contribution in [2.75, 3.05) is 10.6 Å². The molecule has 43 heavy (non-hydrogen) atoms. The topological polar surface area (TPSA) is 87.3 Å². The van der Waals surface area contributed by atoms with E-state index in [0.29, 0.717) is 11.3 Å². The first kappa shape index (κ1) is 30.1. The molecule has 5 rings (SSSR count). The van der Waals surface area contributed by atoms with Crippen molar-refractivity contribution in [2.45, 2.75) is 17.1 Å². The summed E-state index contributed by atoms with van der Waals surface area (Å²) in [5.41, 5.74) is 2.68. The Bertz CT molecular complexity index is 1780. The van der Waals surface area contributed by atoms with E-state index in [1.807, 2.05) is 91.9 Å². The zero-order valence-corrected chi connectivity index (χ0v) is 26.2. The van der Waals surface area contributed by atoms with Gasteiger partial charge in [0.1, 0.15) is 5.70 Å². The highest BCUT2D eigenvalue weighted by molar-refractivity contribution is 14.1. The summed E-state index contributed by atoms with van der Waals surface area (Å²) in [5, 5.41) is 10.3. The summed E-state index contributed by atoms with van der Waals surface area (Å²) in [4.78, 5) is 40.1. The lowest BCUT2D eigenvalue weighted by molar-refractivity contribution is -0.115. The molecule has 3 amide bonds. The van der Waals surface area contributed by atoms with Gasteiger partial charge in [-0.05, 0) is 113 Å². The van der Waals surface area contributed by atoms with Crippen LogP contribution >= 0.6 is 34.4 Å². The summed E-state index contributed by atoms with van der Waals surface area (Å²) in [6, 6.07) is 37.4. The zero-order valence-electron chi connectivity index (χ0n) is 23.2. The number of fused-ring (bicyclic) bond motifs is 1. The van der Waals surface area contributed by atoms with Crippen molar-refractivity contribution in [3.8, 4) is 0 Å².